The van der Waals surface area contributed by atoms with Crippen LogP contribution in [0.1, 0.15) is 35.4 Å². The number of pyridine rings is 1. The van der Waals surface area contributed by atoms with Crippen LogP contribution in [0.4, 0.5) is 0 Å². The van der Waals surface area contributed by atoms with E-state index in [1.54, 1.807) is 18.3 Å². The molecule has 3 aromatic rings. The van der Waals surface area contributed by atoms with Crippen LogP contribution in [0.2, 0.25) is 0 Å². The minimum Gasteiger partial charge on any atom is -0.508 e. The van der Waals surface area contributed by atoms with E-state index in [4.69, 9.17) is 9.84 Å². The number of aromatic hydroxyl groups is 1. The quantitative estimate of drug-likeness (QED) is 0.763. The molecule has 26 heavy (non-hydrogen) atoms. The van der Waals surface area contributed by atoms with Crippen molar-refractivity contribution in [3.63, 3.8) is 0 Å². The maximum absolute atomic E-state index is 9.82. The molecule has 1 aromatic heterocycles. The van der Waals surface area contributed by atoms with Crippen LogP contribution in [0.5, 0.6) is 11.5 Å². The average Bonchev–Trinajstić information content (AvgIpc) is 3.14. The van der Waals surface area contributed by atoms with E-state index in [2.05, 4.69) is 11.1 Å². The van der Waals surface area contributed by atoms with E-state index in [0.717, 1.165) is 34.6 Å². The first-order valence-corrected chi connectivity index (χ1v) is 8.60. The third kappa shape index (κ3) is 2.40. The van der Waals surface area contributed by atoms with Crippen molar-refractivity contribution in [2.45, 2.75) is 18.7 Å². The summed E-state index contributed by atoms with van der Waals surface area (Å²) in [5.41, 5.74) is 3.97. The van der Waals surface area contributed by atoms with Gasteiger partial charge in [-0.15, -0.1) is 0 Å². The fourth-order valence-corrected chi connectivity index (χ4v) is 3.64. The fourth-order valence-electron chi connectivity index (χ4n) is 3.64. The molecule has 0 radical (unpaired) electrons. The second-order valence-corrected chi connectivity index (χ2v) is 6.49. The van der Waals surface area contributed by atoms with Gasteiger partial charge in [-0.05, 0) is 24.3 Å². The van der Waals surface area contributed by atoms with Crippen molar-refractivity contribution < 1.29 is 9.84 Å². The van der Waals surface area contributed by atoms with Gasteiger partial charge in [-0.25, -0.2) is 5.01 Å². The SMILES string of the molecule is Oc1cccc(C2=NN3[C@@H](C2)c2ccccc2O[C@H]3c2cccnc2)c1. The van der Waals surface area contributed by atoms with Crippen molar-refractivity contribution in [2.24, 2.45) is 5.10 Å². The summed E-state index contributed by atoms with van der Waals surface area (Å²) >= 11 is 0. The number of benzene rings is 2. The number of aromatic nitrogens is 1. The molecule has 5 nitrogen and oxygen atoms in total. The molecule has 0 spiro atoms. The highest BCUT2D eigenvalue weighted by molar-refractivity contribution is 6.02. The molecule has 1 N–H and O–H groups in total. The normalized spacial score (nSPS) is 20.8. The van der Waals surface area contributed by atoms with E-state index in [9.17, 15) is 5.11 Å². The molecule has 2 aromatic carbocycles. The maximum Gasteiger partial charge on any atom is 0.215 e. The van der Waals surface area contributed by atoms with E-state index in [-0.39, 0.29) is 18.0 Å². The summed E-state index contributed by atoms with van der Waals surface area (Å²) in [5, 5.41) is 16.7. The molecule has 0 fully saturated rings. The Morgan fingerprint density at radius 2 is 1.96 bits per heavy atom. The van der Waals surface area contributed by atoms with Gasteiger partial charge in [0.1, 0.15) is 11.5 Å². The molecule has 5 heteroatoms. The maximum atomic E-state index is 9.82. The number of ether oxygens (including phenoxy) is 1. The summed E-state index contributed by atoms with van der Waals surface area (Å²) in [6, 6.07) is 19.4. The van der Waals surface area contributed by atoms with Crippen LogP contribution >= 0.6 is 0 Å². The van der Waals surface area contributed by atoms with E-state index in [1.165, 1.54) is 0 Å². The summed E-state index contributed by atoms with van der Waals surface area (Å²) in [7, 11) is 0. The molecular formula is C21H17N3O2. The molecule has 0 amide bonds. The fraction of sp³-hybridized carbons (Fsp3) is 0.143. The molecule has 2 atom stereocenters. The summed E-state index contributed by atoms with van der Waals surface area (Å²) in [4.78, 5) is 4.23. The second-order valence-electron chi connectivity index (χ2n) is 6.49. The van der Waals surface area contributed by atoms with E-state index in [0.29, 0.717) is 0 Å². The molecule has 3 heterocycles. The predicted octanol–water partition coefficient (Wildman–Crippen LogP) is 4.03. The Balaban J connectivity index is 1.60. The Morgan fingerprint density at radius 1 is 1.04 bits per heavy atom. The van der Waals surface area contributed by atoms with Crippen molar-refractivity contribution in [3.05, 3.63) is 89.7 Å². The average molecular weight is 343 g/mol. The molecule has 0 saturated heterocycles. The van der Waals surface area contributed by atoms with Crippen molar-refractivity contribution >= 4 is 5.71 Å². The largest absolute Gasteiger partial charge is 0.508 e. The highest BCUT2D eigenvalue weighted by atomic mass is 16.5. The van der Waals surface area contributed by atoms with Crippen molar-refractivity contribution in [2.75, 3.05) is 0 Å². The van der Waals surface area contributed by atoms with Gasteiger partial charge in [0.05, 0.1) is 11.8 Å². The third-order valence-corrected chi connectivity index (χ3v) is 4.85. The van der Waals surface area contributed by atoms with Gasteiger partial charge >= 0.3 is 0 Å². The number of rotatable bonds is 2. The predicted molar refractivity (Wildman–Crippen MR) is 97.9 cm³/mol. The summed E-state index contributed by atoms with van der Waals surface area (Å²) in [5.74, 6) is 1.13. The van der Waals surface area contributed by atoms with Crippen LogP contribution in [0.15, 0.2) is 78.2 Å². The smallest absolute Gasteiger partial charge is 0.215 e. The monoisotopic (exact) mass is 343 g/mol. The van der Waals surface area contributed by atoms with Gasteiger partial charge in [-0.2, -0.15) is 5.10 Å². The minimum absolute atomic E-state index is 0.0995. The number of hydrogen-bond acceptors (Lipinski definition) is 5. The Morgan fingerprint density at radius 3 is 2.81 bits per heavy atom. The van der Waals surface area contributed by atoms with Gasteiger partial charge in [-0.3, -0.25) is 4.98 Å². The molecule has 0 bridgehead atoms. The Kier molecular flexibility index (Phi) is 3.38. The zero-order chi connectivity index (χ0) is 17.5. The van der Waals surface area contributed by atoms with Crippen LogP contribution in [0, 0.1) is 0 Å². The number of nitrogens with zero attached hydrogens (tertiary/aromatic N) is 3. The van der Waals surface area contributed by atoms with Crippen molar-refractivity contribution in [1.82, 2.24) is 9.99 Å². The van der Waals surface area contributed by atoms with Crippen LogP contribution in [0.25, 0.3) is 0 Å². The van der Waals surface area contributed by atoms with Crippen LogP contribution in [0.3, 0.4) is 0 Å². The van der Waals surface area contributed by atoms with Gasteiger partial charge < -0.3 is 9.84 Å². The van der Waals surface area contributed by atoms with Gasteiger partial charge in [0.25, 0.3) is 0 Å². The van der Waals surface area contributed by atoms with E-state index < -0.39 is 0 Å². The molecule has 128 valence electrons. The second kappa shape index (κ2) is 5.88. The van der Waals surface area contributed by atoms with Gasteiger partial charge in [0.15, 0.2) is 0 Å². The highest BCUT2D eigenvalue weighted by Crippen LogP contribution is 2.47. The highest BCUT2D eigenvalue weighted by Gasteiger charge is 2.40. The number of phenols is 1. The van der Waals surface area contributed by atoms with Crippen molar-refractivity contribution in [3.8, 4) is 11.5 Å². The van der Waals surface area contributed by atoms with Gasteiger partial charge in [0, 0.05) is 35.5 Å². The first-order chi connectivity index (χ1) is 12.8. The number of fused-ring (bicyclic) bond motifs is 3. The Bertz CT molecular complexity index is 987. The van der Waals surface area contributed by atoms with Crippen LogP contribution in [-0.2, 0) is 0 Å². The summed E-state index contributed by atoms with van der Waals surface area (Å²) < 4.78 is 6.27. The number of hydrazone groups is 1. The number of phenolic OH excluding ortho intramolecular Hbond substituents is 1. The van der Waals surface area contributed by atoms with Gasteiger partial charge in [-0.1, -0.05) is 36.4 Å². The standard InChI is InChI=1S/C21H17N3O2/c25-16-7-3-5-14(11-16)18-12-19-17-8-1-2-9-20(17)26-21(24(19)23-18)15-6-4-10-22-13-15/h1-11,13,19,21,25H,12H2/t19-,21-/m0/s1. The number of para-hydroxylation sites is 1. The Labute approximate surface area is 151 Å². The Hall–Kier alpha value is -3.34. The van der Waals surface area contributed by atoms with Crippen molar-refractivity contribution in [1.29, 1.82) is 0 Å². The zero-order valence-corrected chi connectivity index (χ0v) is 14.0. The minimum atomic E-state index is -0.321. The van der Waals surface area contributed by atoms with E-state index in [1.807, 2.05) is 53.7 Å². The summed E-state index contributed by atoms with van der Waals surface area (Å²) in [6.45, 7) is 0. The lowest BCUT2D eigenvalue weighted by Crippen LogP contribution is -2.33. The molecule has 0 aliphatic carbocycles. The lowest BCUT2D eigenvalue weighted by Gasteiger charge is -2.38. The molecule has 0 unspecified atom stereocenters. The number of hydrogen-bond donors (Lipinski definition) is 1. The lowest BCUT2D eigenvalue weighted by molar-refractivity contribution is -0.0192. The first-order valence-electron chi connectivity index (χ1n) is 8.60. The summed E-state index contributed by atoms with van der Waals surface area (Å²) in [6.07, 6.45) is 4.01. The molecule has 0 saturated carbocycles. The van der Waals surface area contributed by atoms with E-state index >= 15 is 0 Å². The molecular weight excluding hydrogens is 326 g/mol. The first kappa shape index (κ1) is 15.0. The molecule has 2 aliphatic rings. The van der Waals surface area contributed by atoms with Crippen LogP contribution < -0.4 is 4.74 Å². The molecule has 2 aliphatic heterocycles. The van der Waals surface area contributed by atoms with Gasteiger partial charge in [0.2, 0.25) is 6.23 Å². The molecule has 5 rings (SSSR count). The zero-order valence-electron chi connectivity index (χ0n) is 14.0. The third-order valence-electron chi connectivity index (χ3n) is 4.85. The lowest BCUT2D eigenvalue weighted by atomic mass is 9.96. The van der Waals surface area contributed by atoms with Crippen LogP contribution in [-0.4, -0.2) is 20.8 Å². The topological polar surface area (TPSA) is 58.0 Å².